The molecule has 4 atom stereocenters. The summed E-state index contributed by atoms with van der Waals surface area (Å²) in [6.07, 6.45) is 11.0. The molecule has 4 unspecified atom stereocenters. The highest BCUT2D eigenvalue weighted by Crippen LogP contribution is 2.42. The second-order valence-corrected chi connectivity index (χ2v) is 5.96. The van der Waals surface area contributed by atoms with Gasteiger partial charge in [0.1, 0.15) is 0 Å². The van der Waals surface area contributed by atoms with E-state index in [1.54, 1.807) is 0 Å². The van der Waals surface area contributed by atoms with Crippen LogP contribution in [0.15, 0.2) is 0 Å². The van der Waals surface area contributed by atoms with E-state index in [1.807, 2.05) is 0 Å². The Bertz CT molecular complexity index is 239. The Labute approximate surface area is 99.1 Å². The van der Waals surface area contributed by atoms with Crippen molar-refractivity contribution in [3.8, 4) is 0 Å². The molecule has 0 radical (unpaired) electrons. The number of rotatable bonds is 6. The van der Waals surface area contributed by atoms with Gasteiger partial charge in [-0.05, 0) is 44.6 Å². The zero-order valence-electron chi connectivity index (χ0n) is 10.5. The third kappa shape index (κ3) is 2.28. The first-order valence-corrected chi connectivity index (χ1v) is 7.25. The van der Waals surface area contributed by atoms with Crippen molar-refractivity contribution in [3.63, 3.8) is 0 Å². The highest BCUT2D eigenvalue weighted by molar-refractivity contribution is 4.95. The zero-order chi connectivity index (χ0) is 11.0. The Morgan fingerprint density at radius 2 is 2.12 bits per heavy atom. The molecule has 3 rings (SSSR count). The lowest BCUT2D eigenvalue weighted by atomic mass is 9.82. The second kappa shape index (κ2) is 4.66. The van der Waals surface area contributed by atoms with Gasteiger partial charge in [0, 0.05) is 12.0 Å². The Hall–Kier alpha value is -0.0800. The summed E-state index contributed by atoms with van der Waals surface area (Å²) in [6, 6.07) is 0.737. The molecular formula is C14H25NO. The molecule has 0 spiro atoms. The lowest BCUT2D eigenvalue weighted by Crippen LogP contribution is -2.40. The van der Waals surface area contributed by atoms with Gasteiger partial charge in [0.25, 0.3) is 0 Å². The second-order valence-electron chi connectivity index (χ2n) is 5.96. The normalized spacial score (nSPS) is 39.2. The molecule has 92 valence electrons. The van der Waals surface area contributed by atoms with Gasteiger partial charge in [-0.2, -0.15) is 0 Å². The van der Waals surface area contributed by atoms with Crippen molar-refractivity contribution < 1.29 is 4.74 Å². The standard InChI is InChI=1S/C14H25NO/c1-2-15-13(7-5-10-3-4-10)12-9-11-6-8-14(12)16-11/h10-15H,2-9H2,1H3. The summed E-state index contributed by atoms with van der Waals surface area (Å²) < 4.78 is 5.99. The van der Waals surface area contributed by atoms with E-state index in [2.05, 4.69) is 12.2 Å². The Balaban J connectivity index is 1.54. The van der Waals surface area contributed by atoms with Gasteiger partial charge < -0.3 is 10.1 Å². The highest BCUT2D eigenvalue weighted by atomic mass is 16.5. The van der Waals surface area contributed by atoms with Crippen LogP contribution in [0, 0.1) is 11.8 Å². The molecule has 2 nitrogen and oxygen atoms in total. The van der Waals surface area contributed by atoms with Crippen molar-refractivity contribution in [2.24, 2.45) is 11.8 Å². The molecule has 3 aliphatic rings. The first-order valence-electron chi connectivity index (χ1n) is 7.25. The largest absolute Gasteiger partial charge is 0.375 e. The smallest absolute Gasteiger partial charge is 0.0623 e. The minimum atomic E-state index is 0.591. The number of fused-ring (bicyclic) bond motifs is 2. The maximum atomic E-state index is 5.99. The number of hydrogen-bond donors (Lipinski definition) is 1. The van der Waals surface area contributed by atoms with Crippen LogP contribution in [-0.2, 0) is 4.74 Å². The Kier molecular flexibility index (Phi) is 3.21. The summed E-state index contributed by atoms with van der Waals surface area (Å²) in [5, 5.41) is 3.71. The van der Waals surface area contributed by atoms with E-state index in [0.29, 0.717) is 12.2 Å². The predicted octanol–water partition coefficient (Wildman–Crippen LogP) is 2.72. The third-order valence-corrected chi connectivity index (χ3v) is 4.72. The van der Waals surface area contributed by atoms with Crippen LogP contribution < -0.4 is 5.32 Å². The molecule has 3 fully saturated rings. The molecule has 1 N–H and O–H groups in total. The summed E-state index contributed by atoms with van der Waals surface area (Å²) in [5.74, 6) is 1.89. The van der Waals surface area contributed by atoms with Crippen molar-refractivity contribution in [3.05, 3.63) is 0 Å². The molecule has 2 bridgehead atoms. The van der Waals surface area contributed by atoms with Crippen molar-refractivity contribution in [1.82, 2.24) is 5.32 Å². The first-order chi connectivity index (χ1) is 7.86. The minimum Gasteiger partial charge on any atom is -0.375 e. The van der Waals surface area contributed by atoms with Crippen LogP contribution in [0.3, 0.4) is 0 Å². The average molecular weight is 223 g/mol. The summed E-state index contributed by atoms with van der Waals surface area (Å²) in [4.78, 5) is 0. The van der Waals surface area contributed by atoms with Crippen LogP contribution in [-0.4, -0.2) is 24.8 Å². The van der Waals surface area contributed by atoms with Gasteiger partial charge in [0.2, 0.25) is 0 Å². The highest BCUT2D eigenvalue weighted by Gasteiger charge is 2.44. The zero-order valence-corrected chi connectivity index (χ0v) is 10.5. The molecule has 2 heterocycles. The molecule has 16 heavy (non-hydrogen) atoms. The summed E-state index contributed by atoms with van der Waals surface area (Å²) in [7, 11) is 0. The fraction of sp³-hybridized carbons (Fsp3) is 1.00. The van der Waals surface area contributed by atoms with E-state index in [-0.39, 0.29) is 0 Å². The lowest BCUT2D eigenvalue weighted by Gasteiger charge is -2.29. The fourth-order valence-corrected chi connectivity index (χ4v) is 3.65. The first kappa shape index (κ1) is 11.0. The molecule has 0 aromatic heterocycles. The predicted molar refractivity (Wildman–Crippen MR) is 65.4 cm³/mol. The van der Waals surface area contributed by atoms with Crippen molar-refractivity contribution in [1.29, 1.82) is 0 Å². The Morgan fingerprint density at radius 3 is 2.69 bits per heavy atom. The maximum absolute atomic E-state index is 5.99. The molecule has 2 saturated heterocycles. The van der Waals surface area contributed by atoms with Gasteiger partial charge in [0.15, 0.2) is 0 Å². The lowest BCUT2D eigenvalue weighted by molar-refractivity contribution is 0.0848. The summed E-state index contributed by atoms with van der Waals surface area (Å²) in [6.45, 7) is 3.35. The minimum absolute atomic E-state index is 0.591. The van der Waals surface area contributed by atoms with Crippen molar-refractivity contribution in [2.45, 2.75) is 70.1 Å². The molecular weight excluding hydrogens is 198 g/mol. The van der Waals surface area contributed by atoms with Gasteiger partial charge in [-0.3, -0.25) is 0 Å². The maximum Gasteiger partial charge on any atom is 0.0623 e. The number of ether oxygens (including phenoxy) is 1. The molecule has 0 amide bonds. The third-order valence-electron chi connectivity index (χ3n) is 4.72. The SMILES string of the molecule is CCNC(CCC1CC1)C1CC2CCC1O2. The van der Waals surface area contributed by atoms with Gasteiger partial charge in [-0.15, -0.1) is 0 Å². The van der Waals surface area contributed by atoms with Gasteiger partial charge in [-0.1, -0.05) is 19.8 Å². The van der Waals surface area contributed by atoms with Crippen LogP contribution >= 0.6 is 0 Å². The van der Waals surface area contributed by atoms with Crippen molar-refractivity contribution in [2.75, 3.05) is 6.54 Å². The summed E-state index contributed by atoms with van der Waals surface area (Å²) in [5.41, 5.74) is 0. The van der Waals surface area contributed by atoms with Crippen LogP contribution in [0.5, 0.6) is 0 Å². The van der Waals surface area contributed by atoms with E-state index >= 15 is 0 Å². The van der Waals surface area contributed by atoms with Crippen LogP contribution in [0.1, 0.15) is 51.9 Å². The Morgan fingerprint density at radius 1 is 1.25 bits per heavy atom. The average Bonchev–Trinajstić information content (AvgIpc) is 2.88. The molecule has 1 saturated carbocycles. The van der Waals surface area contributed by atoms with E-state index in [4.69, 9.17) is 4.74 Å². The van der Waals surface area contributed by atoms with Crippen LogP contribution in [0.2, 0.25) is 0 Å². The van der Waals surface area contributed by atoms with E-state index in [9.17, 15) is 0 Å². The molecule has 2 aliphatic heterocycles. The number of hydrogen-bond acceptors (Lipinski definition) is 2. The van der Waals surface area contributed by atoms with Crippen LogP contribution in [0.25, 0.3) is 0 Å². The molecule has 1 aliphatic carbocycles. The van der Waals surface area contributed by atoms with Crippen LogP contribution in [0.4, 0.5) is 0 Å². The van der Waals surface area contributed by atoms with Gasteiger partial charge in [-0.25, -0.2) is 0 Å². The topological polar surface area (TPSA) is 21.3 Å². The quantitative estimate of drug-likeness (QED) is 0.747. The van der Waals surface area contributed by atoms with Gasteiger partial charge >= 0.3 is 0 Å². The fourth-order valence-electron chi connectivity index (χ4n) is 3.65. The number of nitrogens with one attached hydrogen (secondary N) is 1. The van der Waals surface area contributed by atoms with Gasteiger partial charge in [0.05, 0.1) is 12.2 Å². The van der Waals surface area contributed by atoms with E-state index in [0.717, 1.165) is 24.4 Å². The van der Waals surface area contributed by atoms with E-state index < -0.39 is 0 Å². The molecule has 0 aromatic carbocycles. The molecule has 2 heteroatoms. The molecule has 0 aromatic rings. The van der Waals surface area contributed by atoms with Crippen molar-refractivity contribution >= 4 is 0 Å². The van der Waals surface area contributed by atoms with E-state index in [1.165, 1.54) is 44.9 Å². The summed E-state index contributed by atoms with van der Waals surface area (Å²) >= 11 is 0. The monoisotopic (exact) mass is 223 g/mol.